The second-order valence-corrected chi connectivity index (χ2v) is 6.24. The standard InChI is InChI=1S/C17H27FN4O/c1-20(2)10-8-19-17(23)22-13-11-21(12-14-22)9-7-15-3-5-16(18)6-4-15/h3-6H,7-14H2,1-2H3,(H,19,23). The number of nitrogens with zero attached hydrogens (tertiary/aromatic N) is 3. The van der Waals surface area contributed by atoms with E-state index in [0.717, 1.165) is 51.3 Å². The number of halogens is 1. The van der Waals surface area contributed by atoms with Crippen molar-refractivity contribution >= 4 is 6.03 Å². The van der Waals surface area contributed by atoms with Gasteiger partial charge in [0.25, 0.3) is 0 Å². The molecular weight excluding hydrogens is 295 g/mol. The largest absolute Gasteiger partial charge is 0.337 e. The summed E-state index contributed by atoms with van der Waals surface area (Å²) in [6, 6.07) is 6.72. The summed E-state index contributed by atoms with van der Waals surface area (Å²) in [5.41, 5.74) is 1.15. The van der Waals surface area contributed by atoms with Gasteiger partial charge in [0.15, 0.2) is 0 Å². The number of hydrogen-bond acceptors (Lipinski definition) is 3. The SMILES string of the molecule is CN(C)CCNC(=O)N1CCN(CCc2ccc(F)cc2)CC1. The molecule has 2 rings (SSSR count). The number of carbonyl (C=O) groups is 1. The van der Waals surface area contributed by atoms with E-state index in [9.17, 15) is 9.18 Å². The van der Waals surface area contributed by atoms with Crippen LogP contribution < -0.4 is 5.32 Å². The maximum atomic E-state index is 12.9. The predicted octanol–water partition coefficient (Wildman–Crippen LogP) is 1.26. The molecule has 0 unspecified atom stereocenters. The van der Waals surface area contributed by atoms with Gasteiger partial charge in [-0.05, 0) is 38.2 Å². The van der Waals surface area contributed by atoms with Crippen molar-refractivity contribution in [1.82, 2.24) is 20.0 Å². The zero-order valence-corrected chi connectivity index (χ0v) is 14.1. The number of hydrogen-bond donors (Lipinski definition) is 1. The van der Waals surface area contributed by atoms with Gasteiger partial charge in [-0.25, -0.2) is 9.18 Å². The molecule has 1 aliphatic heterocycles. The third-order valence-electron chi connectivity index (χ3n) is 4.12. The van der Waals surface area contributed by atoms with Crippen LogP contribution in [-0.4, -0.2) is 80.6 Å². The minimum absolute atomic E-state index is 0.0324. The molecule has 1 aromatic carbocycles. The van der Waals surface area contributed by atoms with Gasteiger partial charge in [-0.15, -0.1) is 0 Å². The van der Waals surface area contributed by atoms with Crippen LogP contribution in [0.5, 0.6) is 0 Å². The van der Waals surface area contributed by atoms with Gasteiger partial charge in [-0.1, -0.05) is 12.1 Å². The lowest BCUT2D eigenvalue weighted by atomic mass is 10.1. The van der Waals surface area contributed by atoms with Crippen LogP contribution in [-0.2, 0) is 6.42 Å². The van der Waals surface area contributed by atoms with Gasteiger partial charge in [0.05, 0.1) is 0 Å². The van der Waals surface area contributed by atoms with Gasteiger partial charge in [-0.2, -0.15) is 0 Å². The van der Waals surface area contributed by atoms with Crippen LogP contribution in [0, 0.1) is 5.82 Å². The van der Waals surface area contributed by atoms with Gasteiger partial charge in [0.1, 0.15) is 5.82 Å². The number of urea groups is 1. The molecular formula is C17H27FN4O. The third kappa shape index (κ3) is 6.15. The highest BCUT2D eigenvalue weighted by Crippen LogP contribution is 2.07. The molecule has 0 aliphatic carbocycles. The summed E-state index contributed by atoms with van der Waals surface area (Å²) in [6.07, 6.45) is 0.912. The number of carbonyl (C=O) groups excluding carboxylic acids is 1. The van der Waals surface area contributed by atoms with E-state index in [1.807, 2.05) is 36.0 Å². The number of rotatable bonds is 6. The molecule has 0 aromatic heterocycles. The molecule has 0 bridgehead atoms. The van der Waals surface area contributed by atoms with E-state index < -0.39 is 0 Å². The van der Waals surface area contributed by atoms with Gasteiger partial charge in [0, 0.05) is 45.8 Å². The first kappa shape index (κ1) is 17.7. The van der Waals surface area contributed by atoms with E-state index in [1.165, 1.54) is 12.1 Å². The first-order valence-corrected chi connectivity index (χ1v) is 8.19. The normalized spacial score (nSPS) is 15.9. The summed E-state index contributed by atoms with van der Waals surface area (Å²) in [7, 11) is 3.98. The molecule has 1 saturated heterocycles. The van der Waals surface area contributed by atoms with Gasteiger partial charge < -0.3 is 15.1 Å². The van der Waals surface area contributed by atoms with Crippen molar-refractivity contribution in [2.45, 2.75) is 6.42 Å². The van der Waals surface area contributed by atoms with Crippen LogP contribution in [0.3, 0.4) is 0 Å². The highest BCUT2D eigenvalue weighted by Gasteiger charge is 2.20. The summed E-state index contributed by atoms with van der Waals surface area (Å²) < 4.78 is 12.9. The molecule has 1 heterocycles. The molecule has 23 heavy (non-hydrogen) atoms. The molecule has 0 spiro atoms. The second-order valence-electron chi connectivity index (χ2n) is 6.24. The first-order chi connectivity index (χ1) is 11.0. The molecule has 6 heteroatoms. The van der Waals surface area contributed by atoms with Crippen LogP contribution in [0.25, 0.3) is 0 Å². The topological polar surface area (TPSA) is 38.8 Å². The molecule has 128 valence electrons. The fourth-order valence-electron chi connectivity index (χ4n) is 2.61. The summed E-state index contributed by atoms with van der Waals surface area (Å²) in [4.78, 5) is 18.3. The molecule has 2 amide bonds. The van der Waals surface area contributed by atoms with E-state index in [4.69, 9.17) is 0 Å². The van der Waals surface area contributed by atoms with E-state index >= 15 is 0 Å². The highest BCUT2D eigenvalue weighted by molar-refractivity contribution is 5.74. The Morgan fingerprint density at radius 1 is 1.17 bits per heavy atom. The first-order valence-electron chi connectivity index (χ1n) is 8.19. The molecule has 1 aromatic rings. The Bertz CT molecular complexity index is 484. The predicted molar refractivity (Wildman–Crippen MR) is 90.1 cm³/mol. The van der Waals surface area contributed by atoms with Crippen molar-refractivity contribution in [1.29, 1.82) is 0 Å². The van der Waals surface area contributed by atoms with E-state index in [-0.39, 0.29) is 11.8 Å². The lowest BCUT2D eigenvalue weighted by molar-refractivity contribution is 0.139. The van der Waals surface area contributed by atoms with Crippen molar-refractivity contribution in [3.63, 3.8) is 0 Å². The lowest BCUT2D eigenvalue weighted by Crippen LogP contribution is -2.52. The maximum absolute atomic E-state index is 12.9. The zero-order valence-electron chi connectivity index (χ0n) is 14.1. The Morgan fingerprint density at radius 3 is 2.43 bits per heavy atom. The van der Waals surface area contributed by atoms with Gasteiger partial charge in [0.2, 0.25) is 0 Å². The quantitative estimate of drug-likeness (QED) is 0.857. The van der Waals surface area contributed by atoms with Crippen LogP contribution in [0.4, 0.5) is 9.18 Å². The second kappa shape index (κ2) is 8.84. The number of nitrogens with one attached hydrogen (secondary N) is 1. The van der Waals surface area contributed by atoms with E-state index in [2.05, 4.69) is 10.2 Å². The molecule has 0 atom stereocenters. The van der Waals surface area contributed by atoms with E-state index in [1.54, 1.807) is 0 Å². The highest BCUT2D eigenvalue weighted by atomic mass is 19.1. The molecule has 1 fully saturated rings. The Hall–Kier alpha value is -1.66. The maximum Gasteiger partial charge on any atom is 0.317 e. The average Bonchev–Trinajstić information content (AvgIpc) is 2.54. The van der Waals surface area contributed by atoms with Crippen molar-refractivity contribution in [3.05, 3.63) is 35.6 Å². The van der Waals surface area contributed by atoms with Gasteiger partial charge >= 0.3 is 6.03 Å². The summed E-state index contributed by atoms with van der Waals surface area (Å²) >= 11 is 0. The number of likely N-dealkylation sites (N-methyl/N-ethyl adjacent to an activating group) is 1. The average molecular weight is 322 g/mol. The zero-order chi connectivity index (χ0) is 16.7. The Balaban J connectivity index is 1.65. The van der Waals surface area contributed by atoms with Crippen molar-refractivity contribution in [2.24, 2.45) is 0 Å². The summed E-state index contributed by atoms with van der Waals surface area (Å²) in [5, 5.41) is 2.95. The minimum Gasteiger partial charge on any atom is -0.337 e. The number of amides is 2. The number of benzene rings is 1. The monoisotopic (exact) mass is 322 g/mol. The fraction of sp³-hybridized carbons (Fsp3) is 0.588. The summed E-state index contributed by atoms with van der Waals surface area (Å²) in [5.74, 6) is -0.192. The van der Waals surface area contributed by atoms with Crippen LogP contribution in [0.1, 0.15) is 5.56 Å². The molecule has 0 saturated carbocycles. The van der Waals surface area contributed by atoms with Crippen LogP contribution in [0.15, 0.2) is 24.3 Å². The third-order valence-corrected chi connectivity index (χ3v) is 4.12. The molecule has 1 aliphatic rings. The minimum atomic E-state index is -0.192. The molecule has 5 nitrogen and oxygen atoms in total. The Morgan fingerprint density at radius 2 is 1.83 bits per heavy atom. The Labute approximate surface area is 138 Å². The Kier molecular flexibility index (Phi) is 6.80. The fourth-order valence-corrected chi connectivity index (χ4v) is 2.61. The van der Waals surface area contributed by atoms with Crippen LogP contribution in [0.2, 0.25) is 0 Å². The molecule has 0 radical (unpaired) electrons. The smallest absolute Gasteiger partial charge is 0.317 e. The van der Waals surface area contributed by atoms with Crippen molar-refractivity contribution in [2.75, 3.05) is 59.9 Å². The van der Waals surface area contributed by atoms with Gasteiger partial charge in [-0.3, -0.25) is 4.90 Å². The lowest BCUT2D eigenvalue weighted by Gasteiger charge is -2.34. The number of piperazine rings is 1. The van der Waals surface area contributed by atoms with E-state index in [0.29, 0.717) is 6.54 Å². The summed E-state index contributed by atoms with van der Waals surface area (Å²) in [6.45, 7) is 5.78. The molecule has 1 N–H and O–H groups in total. The van der Waals surface area contributed by atoms with Crippen molar-refractivity contribution in [3.8, 4) is 0 Å². The van der Waals surface area contributed by atoms with Crippen molar-refractivity contribution < 1.29 is 9.18 Å². The van der Waals surface area contributed by atoms with Crippen LogP contribution >= 0.6 is 0 Å².